The van der Waals surface area contributed by atoms with Gasteiger partial charge in [-0.15, -0.1) is 0 Å². The average molecular weight is 196 g/mol. The summed E-state index contributed by atoms with van der Waals surface area (Å²) in [7, 11) is 1.40. The number of hydrogen-bond acceptors (Lipinski definition) is 2. The van der Waals surface area contributed by atoms with Crippen molar-refractivity contribution in [1.82, 2.24) is 0 Å². The van der Waals surface area contributed by atoms with Gasteiger partial charge in [-0.25, -0.2) is 0 Å². The zero-order valence-corrected chi connectivity index (χ0v) is 9.77. The van der Waals surface area contributed by atoms with Crippen LogP contribution in [0.1, 0.15) is 0 Å². The van der Waals surface area contributed by atoms with Crippen LogP contribution >= 0.6 is 0 Å². The van der Waals surface area contributed by atoms with Crippen LogP contribution in [0.2, 0.25) is 0 Å². The van der Waals surface area contributed by atoms with Crippen LogP contribution in [0.4, 0.5) is 12.9 Å². The smallest absolute Gasteiger partial charge is 0.447 e. The SMILES string of the molecule is COCCOC[B-](F)(F)F.[K+]. The first-order valence-corrected chi connectivity index (χ1v) is 2.84. The Kier molecular flexibility index (Phi) is 10.9. The first kappa shape index (κ1) is 14.9. The molecule has 0 saturated heterocycles. The van der Waals surface area contributed by atoms with E-state index in [4.69, 9.17) is 0 Å². The van der Waals surface area contributed by atoms with Crippen molar-refractivity contribution < 1.29 is 73.8 Å². The van der Waals surface area contributed by atoms with Crippen molar-refractivity contribution in [2.45, 2.75) is 0 Å². The van der Waals surface area contributed by atoms with Crippen LogP contribution in [0.3, 0.4) is 0 Å². The molecule has 0 bridgehead atoms. The molecule has 0 fully saturated rings. The molecule has 0 rings (SSSR count). The van der Waals surface area contributed by atoms with Crippen molar-refractivity contribution in [2.75, 3.05) is 26.8 Å². The van der Waals surface area contributed by atoms with Gasteiger partial charge < -0.3 is 22.4 Å². The maximum Gasteiger partial charge on any atom is 1.00 e. The second kappa shape index (κ2) is 8.03. The third-order valence-corrected chi connectivity index (χ3v) is 0.739. The van der Waals surface area contributed by atoms with E-state index in [-0.39, 0.29) is 64.6 Å². The van der Waals surface area contributed by atoms with E-state index in [0.29, 0.717) is 0 Å². The maximum atomic E-state index is 11.4. The Bertz CT molecular complexity index is 89.9. The fourth-order valence-corrected chi connectivity index (χ4v) is 0.359. The van der Waals surface area contributed by atoms with Crippen molar-refractivity contribution in [2.24, 2.45) is 0 Å². The number of ether oxygens (including phenoxy) is 2. The molecule has 0 aromatic heterocycles. The van der Waals surface area contributed by atoms with Crippen LogP contribution in [0.5, 0.6) is 0 Å². The molecule has 0 aliphatic rings. The topological polar surface area (TPSA) is 18.5 Å². The van der Waals surface area contributed by atoms with Gasteiger partial charge in [0.05, 0.1) is 13.2 Å². The number of halogens is 3. The third-order valence-electron chi connectivity index (χ3n) is 0.739. The average Bonchev–Trinajstić information content (AvgIpc) is 1.78. The van der Waals surface area contributed by atoms with Crippen LogP contribution in [-0.2, 0) is 9.47 Å². The molecule has 11 heavy (non-hydrogen) atoms. The van der Waals surface area contributed by atoms with Crippen LogP contribution in [0.25, 0.3) is 0 Å². The van der Waals surface area contributed by atoms with E-state index in [1.54, 1.807) is 0 Å². The van der Waals surface area contributed by atoms with E-state index in [1.165, 1.54) is 7.11 Å². The molecule has 0 N–H and O–H groups in total. The van der Waals surface area contributed by atoms with Crippen LogP contribution < -0.4 is 51.4 Å². The summed E-state index contributed by atoms with van der Waals surface area (Å²) in [6, 6.07) is 0. The Morgan fingerprint density at radius 3 is 2.09 bits per heavy atom. The van der Waals surface area contributed by atoms with E-state index in [9.17, 15) is 12.9 Å². The van der Waals surface area contributed by atoms with Crippen molar-refractivity contribution in [1.29, 1.82) is 0 Å². The van der Waals surface area contributed by atoms with Gasteiger partial charge in [0.25, 0.3) is 0 Å². The first-order valence-electron chi connectivity index (χ1n) is 2.84. The Hall–Kier alpha value is 1.41. The summed E-state index contributed by atoms with van der Waals surface area (Å²) in [6.45, 7) is -5.73. The zero-order chi connectivity index (χ0) is 8.04. The van der Waals surface area contributed by atoms with Gasteiger partial charge in [-0.1, -0.05) is 0 Å². The molecular formula is C4H9BF3KO2. The molecule has 0 atom stereocenters. The molecular weight excluding hydrogens is 187 g/mol. The molecule has 62 valence electrons. The molecule has 7 heteroatoms. The molecule has 2 nitrogen and oxygen atoms in total. The summed E-state index contributed by atoms with van der Waals surface area (Å²) in [5, 5.41) is 0. The zero-order valence-electron chi connectivity index (χ0n) is 6.65. The molecule has 0 saturated carbocycles. The summed E-state index contributed by atoms with van der Waals surface area (Å²) in [5.41, 5.74) is 0. The maximum absolute atomic E-state index is 11.4. The Labute approximate surface area is 106 Å². The third kappa shape index (κ3) is 14.3. The monoisotopic (exact) mass is 196 g/mol. The van der Waals surface area contributed by atoms with Crippen molar-refractivity contribution >= 4 is 6.98 Å². The largest absolute Gasteiger partial charge is 1.00 e. The first-order chi connectivity index (χ1) is 4.56. The van der Waals surface area contributed by atoms with Crippen LogP contribution in [-0.4, -0.2) is 33.8 Å². The minimum atomic E-state index is -4.79. The quantitative estimate of drug-likeness (QED) is 0.375. The number of methoxy groups -OCH3 is 1. The summed E-state index contributed by atoms with van der Waals surface area (Å²) < 4.78 is 42.8. The fourth-order valence-electron chi connectivity index (χ4n) is 0.359. The van der Waals surface area contributed by atoms with Gasteiger partial charge in [-0.05, 0) is 0 Å². The molecule has 0 radical (unpaired) electrons. The minimum absolute atomic E-state index is 0. The summed E-state index contributed by atoms with van der Waals surface area (Å²) in [5.74, 6) is 0. The Morgan fingerprint density at radius 2 is 1.73 bits per heavy atom. The van der Waals surface area contributed by atoms with Gasteiger partial charge in [0, 0.05) is 13.6 Å². The van der Waals surface area contributed by atoms with E-state index < -0.39 is 13.5 Å². The van der Waals surface area contributed by atoms with Crippen molar-refractivity contribution in [3.05, 3.63) is 0 Å². The molecule has 0 unspecified atom stereocenters. The Morgan fingerprint density at radius 1 is 1.18 bits per heavy atom. The van der Waals surface area contributed by atoms with Gasteiger partial charge >= 0.3 is 58.4 Å². The summed E-state index contributed by atoms with van der Waals surface area (Å²) in [4.78, 5) is 0. The van der Waals surface area contributed by atoms with Crippen molar-refractivity contribution in [3.63, 3.8) is 0 Å². The molecule has 0 heterocycles. The minimum Gasteiger partial charge on any atom is -0.447 e. The van der Waals surface area contributed by atoms with Crippen molar-refractivity contribution in [3.8, 4) is 0 Å². The molecule has 0 aromatic carbocycles. The predicted molar refractivity (Wildman–Crippen MR) is 31.8 cm³/mol. The summed E-state index contributed by atoms with van der Waals surface area (Å²) in [6.07, 6.45) is 0. The van der Waals surface area contributed by atoms with Gasteiger partial charge in [0.15, 0.2) is 0 Å². The second-order valence-electron chi connectivity index (χ2n) is 1.78. The number of hydrogen-bond donors (Lipinski definition) is 0. The molecule has 0 aliphatic heterocycles. The van der Waals surface area contributed by atoms with E-state index in [1.807, 2.05) is 0 Å². The van der Waals surface area contributed by atoms with Crippen LogP contribution in [0.15, 0.2) is 0 Å². The normalized spacial score (nSPS) is 10.9. The van der Waals surface area contributed by atoms with Gasteiger partial charge in [-0.3, -0.25) is 0 Å². The van der Waals surface area contributed by atoms with E-state index >= 15 is 0 Å². The standard InChI is InChI=1S/C4H9BF3O2.K/c1-9-2-3-10-4-5(6,7)8;/h2-4H2,1H3;/q-1;+1. The van der Waals surface area contributed by atoms with Gasteiger partial charge in [0.1, 0.15) is 0 Å². The second-order valence-corrected chi connectivity index (χ2v) is 1.78. The van der Waals surface area contributed by atoms with E-state index in [0.717, 1.165) is 0 Å². The Balaban J connectivity index is 0. The molecule has 0 aromatic rings. The fraction of sp³-hybridized carbons (Fsp3) is 1.00. The number of rotatable bonds is 5. The predicted octanol–water partition coefficient (Wildman–Crippen LogP) is -1.96. The van der Waals surface area contributed by atoms with Gasteiger partial charge in [-0.2, -0.15) is 0 Å². The summed E-state index contributed by atoms with van der Waals surface area (Å²) >= 11 is 0. The molecule has 0 amide bonds. The van der Waals surface area contributed by atoms with Crippen LogP contribution in [0, 0.1) is 0 Å². The molecule has 0 aliphatic carbocycles. The van der Waals surface area contributed by atoms with Gasteiger partial charge in [0.2, 0.25) is 0 Å². The molecule has 0 spiro atoms. The van der Waals surface area contributed by atoms with E-state index in [2.05, 4.69) is 9.47 Å².